The van der Waals surface area contributed by atoms with E-state index >= 15 is 0 Å². The van der Waals surface area contributed by atoms with Crippen molar-refractivity contribution in [3.8, 4) is 51.2 Å². The number of nitrogens with zero attached hydrogens (tertiary/aromatic N) is 3. The topological polar surface area (TPSA) is 49.2 Å². The molecule has 2 aliphatic heterocycles. The maximum atomic E-state index is 6.91. The Bertz CT molecular complexity index is 2640. The average molecular weight is 646 g/mol. The number of benzene rings is 5. The van der Waals surface area contributed by atoms with E-state index in [9.17, 15) is 0 Å². The number of para-hydroxylation sites is 1. The number of aromatic nitrogens is 3. The Morgan fingerprint density at radius 2 is 1.30 bits per heavy atom. The highest BCUT2D eigenvalue weighted by Gasteiger charge is 2.42. The van der Waals surface area contributed by atoms with Gasteiger partial charge < -0.3 is 9.47 Å². The summed E-state index contributed by atoms with van der Waals surface area (Å²) < 4.78 is 15.9. The van der Waals surface area contributed by atoms with Gasteiger partial charge in [0.15, 0.2) is 0 Å². The molecule has 6 heteroatoms. The molecule has 0 N–H and O–H groups in total. The summed E-state index contributed by atoms with van der Waals surface area (Å²) >= 11 is 0. The van der Waals surface area contributed by atoms with E-state index in [4.69, 9.17) is 19.4 Å². The maximum Gasteiger partial charge on any atom is 0.260 e. The lowest BCUT2D eigenvalue weighted by Gasteiger charge is -2.35. The summed E-state index contributed by atoms with van der Waals surface area (Å²) in [4.78, 5) is 9.61. The Morgan fingerprint density at radius 3 is 2.10 bits per heavy atom. The fourth-order valence-corrected chi connectivity index (χ4v) is 7.69. The number of hydrogen-bond donors (Lipinski definition) is 0. The van der Waals surface area contributed by atoms with Crippen molar-refractivity contribution < 1.29 is 9.47 Å². The molecule has 0 fully saturated rings. The first-order valence-electron chi connectivity index (χ1n) is 17.1. The first-order chi connectivity index (χ1) is 24.4. The molecule has 0 bridgehead atoms. The van der Waals surface area contributed by atoms with Crippen molar-refractivity contribution in [1.82, 2.24) is 14.5 Å². The van der Waals surface area contributed by atoms with Gasteiger partial charge in [0.1, 0.15) is 28.8 Å². The van der Waals surface area contributed by atoms with Crippen molar-refractivity contribution >= 4 is 44.9 Å². The van der Waals surface area contributed by atoms with Gasteiger partial charge >= 0.3 is 0 Å². The van der Waals surface area contributed by atoms with Gasteiger partial charge in [0.2, 0.25) is 0 Å². The van der Waals surface area contributed by atoms with E-state index in [2.05, 4.69) is 135 Å². The minimum Gasteiger partial charge on any atom is -0.458 e. The number of fused-ring (bicyclic) bond motifs is 7. The normalized spacial score (nSPS) is 13.0. The minimum atomic E-state index is -0.113. The molecule has 8 aromatic rings. The summed E-state index contributed by atoms with van der Waals surface area (Å²) in [6.07, 6.45) is 3.75. The van der Waals surface area contributed by atoms with Crippen LogP contribution in [0.3, 0.4) is 0 Å². The number of hydrogen-bond acceptors (Lipinski definition) is 4. The third-order valence-electron chi connectivity index (χ3n) is 10.2. The molecular weight excluding hydrogens is 613 g/mol. The third kappa shape index (κ3) is 4.41. The van der Waals surface area contributed by atoms with E-state index in [1.807, 2.05) is 30.6 Å². The lowest BCUT2D eigenvalue weighted by Crippen LogP contribution is -2.57. The predicted molar refractivity (Wildman–Crippen MR) is 204 cm³/mol. The van der Waals surface area contributed by atoms with Crippen molar-refractivity contribution in [2.24, 2.45) is 0 Å². The van der Waals surface area contributed by atoms with Gasteiger partial charge in [-0.25, -0.2) is 4.98 Å². The molecule has 0 saturated carbocycles. The molecule has 5 nitrogen and oxygen atoms in total. The van der Waals surface area contributed by atoms with E-state index in [0.717, 1.165) is 89.4 Å². The van der Waals surface area contributed by atoms with E-state index in [1.165, 1.54) is 5.56 Å². The van der Waals surface area contributed by atoms with Crippen LogP contribution in [0.25, 0.3) is 50.0 Å². The van der Waals surface area contributed by atoms with E-state index in [0.29, 0.717) is 0 Å². The largest absolute Gasteiger partial charge is 0.458 e. The summed E-state index contributed by atoms with van der Waals surface area (Å²) in [5.74, 6) is 4.28. The number of ether oxygens (including phenoxy) is 2. The smallest absolute Gasteiger partial charge is 0.260 e. The molecule has 10 rings (SSSR count). The van der Waals surface area contributed by atoms with Crippen LogP contribution < -0.4 is 25.9 Å². The van der Waals surface area contributed by atoms with Crippen molar-refractivity contribution in [1.29, 1.82) is 0 Å². The van der Waals surface area contributed by atoms with Crippen molar-refractivity contribution in [3.63, 3.8) is 0 Å². The first kappa shape index (κ1) is 28.8. The van der Waals surface area contributed by atoms with Crippen LogP contribution in [0.2, 0.25) is 0 Å². The van der Waals surface area contributed by atoms with Gasteiger partial charge in [0.05, 0.1) is 16.7 Å². The SMILES string of the molecule is CC(C)(C)c1cc2c3c(c1)Oc1cc4c5ccccc5n(-c5ccccn5)c4cc1B3c1cc(-c3cc(-c4ccccc4)ccn3)ccc1O2. The molecule has 0 unspecified atom stereocenters. The van der Waals surface area contributed by atoms with E-state index < -0.39 is 0 Å². The van der Waals surface area contributed by atoms with Gasteiger partial charge in [-0.05, 0) is 105 Å². The quantitative estimate of drug-likeness (QED) is 0.180. The van der Waals surface area contributed by atoms with Crippen LogP contribution >= 0.6 is 0 Å². The van der Waals surface area contributed by atoms with Gasteiger partial charge in [-0.2, -0.15) is 0 Å². The second kappa shape index (κ2) is 10.7. The van der Waals surface area contributed by atoms with Crippen molar-refractivity contribution in [3.05, 3.63) is 145 Å². The zero-order chi connectivity index (χ0) is 33.6. The van der Waals surface area contributed by atoms with Crippen molar-refractivity contribution in [2.75, 3.05) is 0 Å². The highest BCUT2D eigenvalue weighted by Crippen LogP contribution is 2.41. The summed E-state index contributed by atoms with van der Waals surface area (Å²) in [7, 11) is 0. The van der Waals surface area contributed by atoms with Crippen LogP contribution in [-0.2, 0) is 5.41 Å². The van der Waals surface area contributed by atoms with Gasteiger partial charge in [-0.3, -0.25) is 9.55 Å². The molecule has 2 aliphatic rings. The second-order valence-corrected chi connectivity index (χ2v) is 14.3. The summed E-state index contributed by atoms with van der Waals surface area (Å²) in [6, 6.07) is 44.7. The molecule has 0 spiro atoms. The molecule has 3 aromatic heterocycles. The first-order valence-corrected chi connectivity index (χ1v) is 17.1. The predicted octanol–water partition coefficient (Wildman–Crippen LogP) is 8.93. The average Bonchev–Trinajstić information content (AvgIpc) is 3.47. The zero-order valence-corrected chi connectivity index (χ0v) is 28.0. The molecule has 0 radical (unpaired) electrons. The Morgan fingerprint density at radius 1 is 0.540 bits per heavy atom. The Balaban J connectivity index is 1.22. The summed E-state index contributed by atoms with van der Waals surface area (Å²) in [6.45, 7) is 6.57. The Kier molecular flexibility index (Phi) is 6.16. The molecule has 5 aromatic carbocycles. The van der Waals surface area contributed by atoms with Gasteiger partial charge in [0, 0.05) is 28.6 Å². The van der Waals surface area contributed by atoms with Gasteiger partial charge in [-0.15, -0.1) is 0 Å². The summed E-state index contributed by atoms with van der Waals surface area (Å²) in [5, 5.41) is 2.29. The second-order valence-electron chi connectivity index (χ2n) is 14.3. The molecule has 0 saturated heterocycles. The molecule has 5 heterocycles. The van der Waals surface area contributed by atoms with Gasteiger partial charge in [-0.1, -0.05) is 81.4 Å². The van der Waals surface area contributed by atoms with Crippen molar-refractivity contribution in [2.45, 2.75) is 26.2 Å². The third-order valence-corrected chi connectivity index (χ3v) is 10.2. The van der Waals surface area contributed by atoms with Gasteiger partial charge in [0.25, 0.3) is 6.71 Å². The number of rotatable bonds is 3. The summed E-state index contributed by atoms with van der Waals surface area (Å²) in [5.41, 5.74) is 10.8. The van der Waals surface area contributed by atoms with Crippen LogP contribution in [0, 0.1) is 0 Å². The maximum absolute atomic E-state index is 6.91. The van der Waals surface area contributed by atoms with Crippen LogP contribution in [0.4, 0.5) is 0 Å². The Labute approximate surface area is 290 Å². The van der Waals surface area contributed by atoms with Crippen LogP contribution in [0.5, 0.6) is 23.0 Å². The molecular formula is C44H32BN3O2. The molecule has 238 valence electrons. The highest BCUT2D eigenvalue weighted by atomic mass is 16.5. The van der Waals surface area contributed by atoms with E-state index in [1.54, 1.807) is 0 Å². The molecule has 0 aliphatic carbocycles. The highest BCUT2D eigenvalue weighted by molar-refractivity contribution is 6.98. The molecule has 0 atom stereocenters. The van der Waals surface area contributed by atoms with E-state index in [-0.39, 0.29) is 12.1 Å². The minimum absolute atomic E-state index is 0.0896. The zero-order valence-electron chi connectivity index (χ0n) is 28.0. The lowest BCUT2D eigenvalue weighted by molar-refractivity contribution is 0.459. The van der Waals surface area contributed by atoms with Crippen LogP contribution in [0.1, 0.15) is 26.3 Å². The monoisotopic (exact) mass is 645 g/mol. The lowest BCUT2D eigenvalue weighted by atomic mass is 9.34. The standard InChI is InChI=1S/C44H32BN3O2/c1-44(2,3)30-23-40-43-41(24-30)50-39-25-32-31-13-7-8-14-36(31)48(42-15-9-10-19-47-42)37(32)26-34(39)45(43)33-21-29(16-17-38(33)49-40)35-22-28(18-20-46-35)27-11-5-4-6-12-27/h4-26H,1-3H3. The Hall–Kier alpha value is -6.14. The number of pyridine rings is 2. The van der Waals surface area contributed by atoms with Crippen LogP contribution in [-0.4, -0.2) is 21.2 Å². The fourth-order valence-electron chi connectivity index (χ4n) is 7.69. The fraction of sp³-hybridized carbons (Fsp3) is 0.0909. The van der Waals surface area contributed by atoms with Crippen LogP contribution in [0.15, 0.2) is 140 Å². The molecule has 0 amide bonds. The molecule has 50 heavy (non-hydrogen) atoms.